The highest BCUT2D eigenvalue weighted by Crippen LogP contribution is 2.25. The average Bonchev–Trinajstić information content (AvgIpc) is 2.27. The molecule has 0 bridgehead atoms. The zero-order valence-corrected chi connectivity index (χ0v) is 9.73. The molecule has 1 aromatic rings. The highest BCUT2D eigenvalue weighted by atomic mass is 16.6. The van der Waals surface area contributed by atoms with Crippen LogP contribution in [-0.4, -0.2) is 32.1 Å². The Morgan fingerprint density at radius 3 is 2.41 bits per heavy atom. The predicted molar refractivity (Wildman–Crippen MR) is 61.0 cm³/mol. The van der Waals surface area contributed by atoms with Crippen molar-refractivity contribution in [2.24, 2.45) is 0 Å². The zero-order valence-electron chi connectivity index (χ0n) is 9.73. The summed E-state index contributed by atoms with van der Waals surface area (Å²) in [6, 6.07) is 5.49. The molecule has 0 spiro atoms. The van der Waals surface area contributed by atoms with Crippen molar-refractivity contribution in [2.45, 2.75) is 6.92 Å². The standard InChI is InChI=1S/C12H13NO4/c1-8-5-9(16-2)3-4-10(8)13-6-11(14)17-12(15)7-13/h3-5H,6-7H2,1-2H3. The Labute approximate surface area is 98.9 Å². The van der Waals surface area contributed by atoms with Crippen molar-refractivity contribution in [1.82, 2.24) is 0 Å². The van der Waals surface area contributed by atoms with E-state index >= 15 is 0 Å². The van der Waals surface area contributed by atoms with Gasteiger partial charge in [0.2, 0.25) is 0 Å². The van der Waals surface area contributed by atoms with Crippen LogP contribution in [0.4, 0.5) is 5.69 Å². The molecule has 1 aliphatic heterocycles. The topological polar surface area (TPSA) is 55.8 Å². The molecule has 90 valence electrons. The van der Waals surface area contributed by atoms with Gasteiger partial charge in [0, 0.05) is 5.69 Å². The van der Waals surface area contributed by atoms with Crippen molar-refractivity contribution in [3.63, 3.8) is 0 Å². The number of cyclic esters (lactones) is 2. The van der Waals surface area contributed by atoms with E-state index in [0.29, 0.717) is 0 Å². The lowest BCUT2D eigenvalue weighted by molar-refractivity contribution is -0.160. The molecule has 5 heteroatoms. The van der Waals surface area contributed by atoms with Gasteiger partial charge in [0.1, 0.15) is 18.8 Å². The molecule has 1 saturated heterocycles. The van der Waals surface area contributed by atoms with Gasteiger partial charge in [-0.25, -0.2) is 9.59 Å². The summed E-state index contributed by atoms with van der Waals surface area (Å²) >= 11 is 0. The van der Waals surface area contributed by atoms with E-state index in [1.54, 1.807) is 18.1 Å². The molecule has 2 rings (SSSR count). The van der Waals surface area contributed by atoms with Crippen molar-refractivity contribution in [3.8, 4) is 5.75 Å². The van der Waals surface area contributed by atoms with Crippen LogP contribution in [0.25, 0.3) is 0 Å². The van der Waals surface area contributed by atoms with Crippen LogP contribution >= 0.6 is 0 Å². The fourth-order valence-electron chi connectivity index (χ4n) is 1.84. The Hall–Kier alpha value is -2.04. The van der Waals surface area contributed by atoms with Crippen LogP contribution < -0.4 is 9.64 Å². The molecular formula is C12H13NO4. The van der Waals surface area contributed by atoms with E-state index in [4.69, 9.17) is 4.74 Å². The lowest BCUT2D eigenvalue weighted by Crippen LogP contribution is -2.43. The number of morpholine rings is 1. The van der Waals surface area contributed by atoms with Gasteiger partial charge in [-0.3, -0.25) is 0 Å². The fraction of sp³-hybridized carbons (Fsp3) is 0.333. The predicted octanol–water partition coefficient (Wildman–Crippen LogP) is 0.893. The Kier molecular flexibility index (Phi) is 2.99. The second-order valence-electron chi connectivity index (χ2n) is 3.85. The Morgan fingerprint density at radius 2 is 1.88 bits per heavy atom. The van der Waals surface area contributed by atoms with E-state index in [1.807, 2.05) is 19.1 Å². The molecule has 0 aliphatic carbocycles. The zero-order chi connectivity index (χ0) is 12.4. The summed E-state index contributed by atoms with van der Waals surface area (Å²) in [5.41, 5.74) is 1.79. The molecule has 0 N–H and O–H groups in total. The van der Waals surface area contributed by atoms with Crippen LogP contribution in [-0.2, 0) is 14.3 Å². The molecule has 0 atom stereocenters. The monoisotopic (exact) mass is 235 g/mol. The number of esters is 2. The number of nitrogens with zero attached hydrogens (tertiary/aromatic N) is 1. The molecule has 0 saturated carbocycles. The van der Waals surface area contributed by atoms with Gasteiger partial charge >= 0.3 is 11.9 Å². The lowest BCUT2D eigenvalue weighted by atomic mass is 10.1. The SMILES string of the molecule is COc1ccc(N2CC(=O)OC(=O)C2)c(C)c1. The molecule has 0 amide bonds. The van der Waals surface area contributed by atoms with Gasteiger partial charge in [0.05, 0.1) is 7.11 Å². The maximum absolute atomic E-state index is 11.2. The molecule has 5 nitrogen and oxygen atoms in total. The number of methoxy groups -OCH3 is 1. The molecule has 1 aliphatic rings. The Balaban J connectivity index is 2.27. The van der Waals surface area contributed by atoms with Gasteiger partial charge in [-0.2, -0.15) is 0 Å². The van der Waals surface area contributed by atoms with Gasteiger partial charge in [-0.05, 0) is 30.7 Å². The third-order valence-corrected chi connectivity index (χ3v) is 2.61. The highest BCUT2D eigenvalue weighted by molar-refractivity contribution is 5.94. The molecular weight excluding hydrogens is 222 g/mol. The molecule has 1 fully saturated rings. The quantitative estimate of drug-likeness (QED) is 0.563. The van der Waals surface area contributed by atoms with Crippen LogP contribution in [0.2, 0.25) is 0 Å². The number of hydrogen-bond acceptors (Lipinski definition) is 5. The van der Waals surface area contributed by atoms with E-state index in [9.17, 15) is 9.59 Å². The first kappa shape index (κ1) is 11.4. The van der Waals surface area contributed by atoms with Crippen molar-refractivity contribution in [1.29, 1.82) is 0 Å². The van der Waals surface area contributed by atoms with Crippen LogP contribution in [0, 0.1) is 6.92 Å². The number of aryl methyl sites for hydroxylation is 1. The van der Waals surface area contributed by atoms with Crippen LogP contribution in [0.15, 0.2) is 18.2 Å². The summed E-state index contributed by atoms with van der Waals surface area (Å²) in [5.74, 6) is -0.287. The summed E-state index contributed by atoms with van der Waals surface area (Å²) < 4.78 is 9.58. The maximum Gasteiger partial charge on any atom is 0.333 e. The second-order valence-corrected chi connectivity index (χ2v) is 3.85. The van der Waals surface area contributed by atoms with Gasteiger partial charge in [-0.15, -0.1) is 0 Å². The normalized spacial score (nSPS) is 15.8. The average molecular weight is 235 g/mol. The number of carbonyl (C=O) groups is 2. The van der Waals surface area contributed by atoms with Crippen molar-refractivity contribution < 1.29 is 19.1 Å². The largest absolute Gasteiger partial charge is 0.497 e. The number of carbonyl (C=O) groups excluding carboxylic acids is 2. The molecule has 1 aromatic carbocycles. The molecule has 0 aromatic heterocycles. The van der Waals surface area contributed by atoms with E-state index in [-0.39, 0.29) is 13.1 Å². The van der Waals surface area contributed by atoms with E-state index in [0.717, 1.165) is 17.0 Å². The smallest absolute Gasteiger partial charge is 0.333 e. The molecule has 17 heavy (non-hydrogen) atoms. The van der Waals surface area contributed by atoms with Crippen molar-refractivity contribution >= 4 is 17.6 Å². The first-order chi connectivity index (χ1) is 8.10. The minimum Gasteiger partial charge on any atom is -0.497 e. The summed E-state index contributed by atoms with van der Waals surface area (Å²) in [5, 5.41) is 0. The number of hydrogen-bond donors (Lipinski definition) is 0. The summed E-state index contributed by atoms with van der Waals surface area (Å²) in [6.07, 6.45) is 0. The fourth-order valence-corrected chi connectivity index (χ4v) is 1.84. The summed E-state index contributed by atoms with van der Waals surface area (Å²) in [4.78, 5) is 24.1. The van der Waals surface area contributed by atoms with Gasteiger partial charge in [-0.1, -0.05) is 0 Å². The first-order valence-electron chi connectivity index (χ1n) is 5.23. The van der Waals surface area contributed by atoms with Crippen LogP contribution in [0.3, 0.4) is 0 Å². The molecule has 0 unspecified atom stereocenters. The van der Waals surface area contributed by atoms with Gasteiger partial charge < -0.3 is 14.4 Å². The van der Waals surface area contributed by atoms with Gasteiger partial charge in [0.25, 0.3) is 0 Å². The van der Waals surface area contributed by atoms with Crippen molar-refractivity contribution in [2.75, 3.05) is 25.1 Å². The number of anilines is 1. The third kappa shape index (κ3) is 2.38. The lowest BCUT2D eigenvalue weighted by Gasteiger charge is -2.27. The number of benzene rings is 1. The van der Waals surface area contributed by atoms with Crippen molar-refractivity contribution in [3.05, 3.63) is 23.8 Å². The first-order valence-corrected chi connectivity index (χ1v) is 5.23. The summed E-state index contributed by atoms with van der Waals surface area (Å²) in [6.45, 7) is 2.10. The van der Waals surface area contributed by atoms with Crippen LogP contribution in [0.5, 0.6) is 5.75 Å². The van der Waals surface area contributed by atoms with Crippen LogP contribution in [0.1, 0.15) is 5.56 Å². The van der Waals surface area contributed by atoms with E-state index in [2.05, 4.69) is 4.74 Å². The third-order valence-electron chi connectivity index (χ3n) is 2.61. The molecule has 1 heterocycles. The minimum atomic E-state index is -0.517. The molecule has 0 radical (unpaired) electrons. The van der Waals surface area contributed by atoms with Gasteiger partial charge in [0.15, 0.2) is 0 Å². The van der Waals surface area contributed by atoms with E-state index in [1.165, 1.54) is 0 Å². The summed E-state index contributed by atoms with van der Waals surface area (Å²) in [7, 11) is 1.59. The Morgan fingerprint density at radius 1 is 1.24 bits per heavy atom. The maximum atomic E-state index is 11.2. The minimum absolute atomic E-state index is 0.0961. The van der Waals surface area contributed by atoms with E-state index < -0.39 is 11.9 Å². The Bertz CT molecular complexity index is 454. The number of rotatable bonds is 2. The number of ether oxygens (including phenoxy) is 2. The second kappa shape index (κ2) is 4.45. The highest BCUT2D eigenvalue weighted by Gasteiger charge is 2.25.